The lowest BCUT2D eigenvalue weighted by Gasteiger charge is -2.24. The van der Waals surface area contributed by atoms with Crippen LogP contribution in [0.25, 0.3) is 10.8 Å². The van der Waals surface area contributed by atoms with E-state index in [2.05, 4.69) is 25.7 Å². The van der Waals surface area contributed by atoms with E-state index in [4.69, 9.17) is 14.2 Å². The molecule has 0 spiro atoms. The zero-order chi connectivity index (χ0) is 36.2. The number of hydrogen-bond acceptors (Lipinski definition) is 9. The summed E-state index contributed by atoms with van der Waals surface area (Å²) in [4.78, 5) is 18.4. The normalized spacial score (nSPS) is 12.2. The fraction of sp³-hybridized carbons (Fsp3) is 0.222. The molecule has 5 rings (SSSR count). The van der Waals surface area contributed by atoms with Gasteiger partial charge in [-0.05, 0) is 64.6 Å². The summed E-state index contributed by atoms with van der Waals surface area (Å²) in [7, 11) is -0.700. The molecule has 4 N–H and O–H groups in total. The van der Waals surface area contributed by atoms with Crippen LogP contribution in [0.3, 0.4) is 0 Å². The van der Waals surface area contributed by atoms with Crippen LogP contribution in [-0.2, 0) is 26.6 Å². The van der Waals surface area contributed by atoms with Crippen molar-refractivity contribution in [2.24, 2.45) is 0 Å². The maximum Gasteiger partial charge on any atom is 0.323 e. The van der Waals surface area contributed by atoms with E-state index in [-0.39, 0.29) is 16.9 Å². The lowest BCUT2D eigenvalue weighted by Crippen LogP contribution is -2.22. The van der Waals surface area contributed by atoms with Crippen LogP contribution >= 0.6 is 0 Å². The monoisotopic (exact) mass is 717 g/mol. The molecular formula is C36H39N5O7S2. The van der Waals surface area contributed by atoms with Crippen LogP contribution in [0.2, 0.25) is 0 Å². The molecule has 262 valence electrons. The Balaban J connectivity index is 1.38. The Morgan fingerprint density at radius 2 is 1.54 bits per heavy atom. The van der Waals surface area contributed by atoms with E-state index >= 15 is 0 Å². The third kappa shape index (κ3) is 8.69. The molecule has 0 aliphatic heterocycles. The summed E-state index contributed by atoms with van der Waals surface area (Å²) >= 11 is -1.20. The van der Waals surface area contributed by atoms with Crippen molar-refractivity contribution < 1.29 is 32.0 Å². The van der Waals surface area contributed by atoms with Crippen LogP contribution in [0, 0.1) is 0 Å². The molecule has 1 heterocycles. The van der Waals surface area contributed by atoms with Gasteiger partial charge in [-0.15, -0.1) is 0 Å². The number of sulfonamides is 1. The lowest BCUT2D eigenvalue weighted by atomic mass is 9.86. The molecule has 1 unspecified atom stereocenters. The van der Waals surface area contributed by atoms with Crippen LogP contribution in [-0.4, -0.2) is 50.7 Å². The average Bonchev–Trinajstić information content (AvgIpc) is 3.04. The highest BCUT2D eigenvalue weighted by Crippen LogP contribution is 2.40. The number of nitrogens with one attached hydrogen (secondary N) is 4. The number of fused-ring (bicyclic) bond motifs is 1. The number of carbonyl (C=O) groups excluding carboxylic acids is 1. The molecule has 0 fully saturated rings. The van der Waals surface area contributed by atoms with Gasteiger partial charge in [0.15, 0.2) is 16.4 Å². The minimum absolute atomic E-state index is 0.173. The average molecular weight is 718 g/mol. The van der Waals surface area contributed by atoms with Crippen molar-refractivity contribution in [3.05, 3.63) is 90.6 Å². The second kappa shape index (κ2) is 14.7. The molecule has 1 aromatic heterocycles. The predicted molar refractivity (Wildman–Crippen MR) is 200 cm³/mol. The Hall–Kier alpha value is -5.18. The highest BCUT2D eigenvalue weighted by molar-refractivity contribution is 7.92. The third-order valence-corrected chi connectivity index (χ3v) is 9.09. The predicted octanol–water partition coefficient (Wildman–Crippen LogP) is 7.84. The molecule has 0 saturated heterocycles. The van der Waals surface area contributed by atoms with Gasteiger partial charge >= 0.3 is 6.03 Å². The summed E-state index contributed by atoms with van der Waals surface area (Å²) < 4.78 is 56.0. The zero-order valence-electron chi connectivity index (χ0n) is 28.7. The summed E-state index contributed by atoms with van der Waals surface area (Å²) in [5.41, 5.74) is 2.16. The van der Waals surface area contributed by atoms with Crippen LogP contribution in [0.4, 0.5) is 33.4 Å². The quantitative estimate of drug-likeness (QED) is 0.0997. The van der Waals surface area contributed by atoms with Crippen LogP contribution in [0.1, 0.15) is 26.3 Å². The highest BCUT2D eigenvalue weighted by atomic mass is 32.2. The molecule has 0 bridgehead atoms. The smallest absolute Gasteiger partial charge is 0.323 e. The SMILES string of the molecule is COc1cc(Nc2cc(Oc3ccc(NC(=O)Nc4cc(C(C)(C)C)cc(NS(C)(=O)=O)c4OC)c4ccccc34)ccn2)ccc1[S+](C)[O-]. The number of methoxy groups -OCH3 is 2. The van der Waals surface area contributed by atoms with Gasteiger partial charge in [0.25, 0.3) is 0 Å². The maximum atomic E-state index is 13.4. The van der Waals surface area contributed by atoms with E-state index in [0.29, 0.717) is 45.0 Å². The topological polar surface area (TPSA) is 163 Å². The molecule has 50 heavy (non-hydrogen) atoms. The van der Waals surface area contributed by atoms with Crippen molar-refractivity contribution in [3.8, 4) is 23.0 Å². The summed E-state index contributed by atoms with van der Waals surface area (Å²) in [6, 6.07) is 22.7. The van der Waals surface area contributed by atoms with Gasteiger partial charge in [-0.1, -0.05) is 45.0 Å². The fourth-order valence-electron chi connectivity index (χ4n) is 5.20. The Bertz CT molecular complexity index is 2150. The number of rotatable bonds is 11. The number of pyridine rings is 1. The van der Waals surface area contributed by atoms with Gasteiger partial charge in [0.2, 0.25) is 10.0 Å². The van der Waals surface area contributed by atoms with Gasteiger partial charge in [0.05, 0.1) is 37.5 Å². The van der Waals surface area contributed by atoms with E-state index in [1.807, 2.05) is 45.0 Å². The van der Waals surface area contributed by atoms with E-state index < -0.39 is 27.2 Å². The van der Waals surface area contributed by atoms with E-state index in [1.54, 1.807) is 67.0 Å². The van der Waals surface area contributed by atoms with Crippen LogP contribution in [0.15, 0.2) is 90.0 Å². The number of aromatic nitrogens is 1. The third-order valence-electron chi connectivity index (χ3n) is 7.54. The summed E-state index contributed by atoms with van der Waals surface area (Å²) in [6.07, 6.45) is 4.26. The van der Waals surface area contributed by atoms with E-state index in [0.717, 1.165) is 22.6 Å². The molecule has 1 atom stereocenters. The first kappa shape index (κ1) is 36.1. The van der Waals surface area contributed by atoms with Gasteiger partial charge < -0.3 is 34.7 Å². The Morgan fingerprint density at radius 1 is 0.840 bits per heavy atom. The van der Waals surface area contributed by atoms with Crippen molar-refractivity contribution in [3.63, 3.8) is 0 Å². The minimum Gasteiger partial charge on any atom is -0.612 e. The number of anilines is 5. The van der Waals surface area contributed by atoms with Crippen LogP contribution < -0.4 is 34.9 Å². The number of amides is 2. The second-order valence-corrected chi connectivity index (χ2v) is 15.5. The molecule has 2 amide bonds. The van der Waals surface area contributed by atoms with Gasteiger partial charge in [-0.25, -0.2) is 18.2 Å². The van der Waals surface area contributed by atoms with Crippen molar-refractivity contribution in [1.82, 2.24) is 4.98 Å². The molecule has 14 heteroatoms. The minimum atomic E-state index is -3.63. The lowest BCUT2D eigenvalue weighted by molar-refractivity contribution is 0.262. The van der Waals surface area contributed by atoms with E-state index in [1.165, 1.54) is 14.2 Å². The summed E-state index contributed by atoms with van der Waals surface area (Å²) in [6.45, 7) is 5.94. The largest absolute Gasteiger partial charge is 0.612 e. The first-order chi connectivity index (χ1) is 23.6. The van der Waals surface area contributed by atoms with Crippen LogP contribution in [0.5, 0.6) is 23.0 Å². The van der Waals surface area contributed by atoms with Gasteiger partial charge in [0.1, 0.15) is 23.6 Å². The van der Waals surface area contributed by atoms with Crippen molar-refractivity contribution in [1.29, 1.82) is 0 Å². The molecule has 0 aliphatic rings. The first-order valence-electron chi connectivity index (χ1n) is 15.4. The molecule has 0 radical (unpaired) electrons. The van der Waals surface area contributed by atoms with Crippen molar-refractivity contribution >= 4 is 66.6 Å². The summed E-state index contributed by atoms with van der Waals surface area (Å²) in [5, 5.41) is 10.4. The molecule has 12 nitrogen and oxygen atoms in total. The Labute approximate surface area is 294 Å². The molecule has 0 saturated carbocycles. The van der Waals surface area contributed by atoms with E-state index in [9.17, 15) is 17.8 Å². The molecular weight excluding hydrogens is 679 g/mol. The van der Waals surface area contributed by atoms with Crippen molar-refractivity contribution in [2.75, 3.05) is 47.4 Å². The molecule has 0 aliphatic carbocycles. The number of benzene rings is 4. The zero-order valence-corrected chi connectivity index (χ0v) is 30.3. The summed E-state index contributed by atoms with van der Waals surface area (Å²) in [5.74, 6) is 2.27. The van der Waals surface area contributed by atoms with Gasteiger partial charge in [-0.3, -0.25) is 4.72 Å². The number of urea groups is 1. The number of ether oxygens (including phenoxy) is 3. The van der Waals surface area contributed by atoms with Gasteiger partial charge in [-0.2, -0.15) is 0 Å². The van der Waals surface area contributed by atoms with Gasteiger partial charge in [0, 0.05) is 34.8 Å². The Kier molecular flexibility index (Phi) is 10.6. The number of nitrogens with zero attached hydrogens (tertiary/aromatic N) is 1. The number of hydrogen-bond donors (Lipinski definition) is 4. The Morgan fingerprint density at radius 3 is 2.20 bits per heavy atom. The number of carbonyl (C=O) groups is 1. The standard InChI is InChI=1S/C36H39N5O7S2/c1-36(2,3)22-18-28(34(47-5)29(19-22)41-50(7,44)45)40-35(42)39-27-13-14-30(26-11-9-8-10-25(26)27)48-24-16-17-37-33(21-24)38-23-12-15-32(49(6)43)31(20-23)46-4/h8-21,41H,1-7H3,(H,37,38)(H2,39,40,42). The highest BCUT2D eigenvalue weighted by Gasteiger charge is 2.23. The first-order valence-corrected chi connectivity index (χ1v) is 18.8. The maximum absolute atomic E-state index is 13.4. The van der Waals surface area contributed by atoms with Crippen molar-refractivity contribution in [2.45, 2.75) is 31.1 Å². The molecule has 4 aromatic carbocycles. The second-order valence-electron chi connectivity index (χ2n) is 12.4. The molecule has 5 aromatic rings. The fourth-order valence-corrected chi connectivity index (χ4v) is 6.43.